The first kappa shape index (κ1) is 58.5. The molecule has 1 amide bonds. The van der Waals surface area contributed by atoms with E-state index in [4.69, 9.17) is 9.97 Å². The number of amides is 1. The van der Waals surface area contributed by atoms with Crippen molar-refractivity contribution in [1.29, 1.82) is 0 Å². The summed E-state index contributed by atoms with van der Waals surface area (Å²) in [5, 5.41) is 3.13. The zero-order valence-corrected chi connectivity index (χ0v) is 50.9. The molecule has 5 heterocycles. The minimum Gasteiger partial charge on any atom is -0.355 e. The van der Waals surface area contributed by atoms with Crippen molar-refractivity contribution in [3.05, 3.63) is 284 Å². The lowest BCUT2D eigenvalue weighted by Gasteiger charge is -2.32. The number of benzene rings is 4. The average molecular weight is 1110 g/mol. The minimum absolute atomic E-state index is 0.184. The smallest absolute Gasteiger partial charge is 0.255 e. The van der Waals surface area contributed by atoms with Gasteiger partial charge in [0.25, 0.3) is 5.91 Å². The van der Waals surface area contributed by atoms with Gasteiger partial charge in [0.05, 0.1) is 22.8 Å². The fourth-order valence-electron chi connectivity index (χ4n) is 11.2. The van der Waals surface area contributed by atoms with Gasteiger partial charge in [0.1, 0.15) is 0 Å². The SMILES string of the molecule is CC1=C(/C=C/C(C)=C/C=C/C(C)=C/C=C/C=C(C)/C=C/C=C(C)/C=C/c2ccc(C(=O)Nc3ccc(-c4c5nc(c(-c6ccc(C)cc6)c6ccc([nH]6)c(C)c6nc(c(-c7ccc(C)cc7)c7ccc4[nH]7)C=C6)C=C5)cc3)cc2)C(C)(C)CCC1. The van der Waals surface area contributed by atoms with Gasteiger partial charge >= 0.3 is 0 Å². The summed E-state index contributed by atoms with van der Waals surface area (Å²) in [4.78, 5) is 32.0. The van der Waals surface area contributed by atoms with Gasteiger partial charge in [-0.05, 0) is 186 Å². The van der Waals surface area contributed by atoms with E-state index in [0.29, 0.717) is 11.3 Å². The third-order valence-corrected chi connectivity index (χ3v) is 16.2. The van der Waals surface area contributed by atoms with Gasteiger partial charge in [0, 0.05) is 50.0 Å². The van der Waals surface area contributed by atoms with Crippen molar-refractivity contribution in [3.8, 4) is 33.4 Å². The topological polar surface area (TPSA) is 86.5 Å². The zero-order chi connectivity index (χ0) is 59.6. The third kappa shape index (κ3) is 14.4. The monoisotopic (exact) mass is 1110 g/mol. The van der Waals surface area contributed by atoms with Crippen LogP contribution in [0.2, 0.25) is 0 Å². The molecule has 6 nitrogen and oxygen atoms in total. The van der Waals surface area contributed by atoms with Gasteiger partial charge in [-0.25, -0.2) is 9.97 Å². The Morgan fingerprint density at radius 2 is 0.906 bits per heavy atom. The van der Waals surface area contributed by atoms with E-state index in [1.165, 1.54) is 52.7 Å². The van der Waals surface area contributed by atoms with Gasteiger partial charge in [0.15, 0.2) is 0 Å². The van der Waals surface area contributed by atoms with E-state index in [2.05, 4.69) is 279 Å². The van der Waals surface area contributed by atoms with Crippen LogP contribution in [0.1, 0.15) is 123 Å². The molecule has 6 heteroatoms. The predicted molar refractivity (Wildman–Crippen MR) is 365 cm³/mol. The van der Waals surface area contributed by atoms with E-state index in [-0.39, 0.29) is 11.3 Å². The van der Waals surface area contributed by atoms with Gasteiger partial charge < -0.3 is 15.3 Å². The molecular formula is C79H77N5O. The van der Waals surface area contributed by atoms with Crippen molar-refractivity contribution in [2.24, 2.45) is 5.41 Å². The summed E-state index contributed by atoms with van der Waals surface area (Å²) in [5.74, 6) is -0.184. The Kier molecular flexibility index (Phi) is 18.1. The molecule has 0 saturated heterocycles. The Hall–Kier alpha value is -9.65. The van der Waals surface area contributed by atoms with E-state index < -0.39 is 0 Å². The number of nitrogens with one attached hydrogen (secondary N) is 3. The predicted octanol–water partition coefficient (Wildman–Crippen LogP) is 21.4. The van der Waals surface area contributed by atoms with E-state index in [1.54, 1.807) is 0 Å². The number of rotatable bonds is 15. The Bertz CT molecular complexity index is 4190. The summed E-state index contributed by atoms with van der Waals surface area (Å²) in [7, 11) is 0. The second-order valence-corrected chi connectivity index (χ2v) is 23.5. The fourth-order valence-corrected chi connectivity index (χ4v) is 11.2. The number of carbonyl (C=O) groups excluding carboxylic acids is 1. The van der Waals surface area contributed by atoms with E-state index >= 15 is 0 Å². The molecule has 424 valence electrons. The highest BCUT2D eigenvalue weighted by atomic mass is 16.1. The standard InChI is InChI=1S/C79H77N5O/c1-52(16-11-12-17-53(2)19-14-21-55(4)28-42-66-58(7)22-15-51-79(66,9)10)18-13-20-54(3)23-29-60-30-36-64(37-31-60)78(85)80-65-40-38-63(39-41-65)77-73-49-47-71(83-73)75(61-32-24-56(5)25-33-61)69-45-43-67(81-69)59(8)68-44-46-70(82-68)76(72-48-50-74(77)84-72)62-34-26-57(6)27-35-62/h11-14,16-21,23-50,81,84H,15,22,51H2,1-10H3,(H,80,85)/b12-11+,18-13+,19-14+,29-23+,42-28+,52-16+,53-17+,54-20+,55-21+,67-59?,68-59?,75-69?,75-71?,76-70?,76-72?,77-73?,77-74?. The second kappa shape index (κ2) is 26.3. The van der Waals surface area contributed by atoms with Crippen molar-refractivity contribution in [1.82, 2.24) is 19.9 Å². The molecule has 0 fully saturated rings. The highest BCUT2D eigenvalue weighted by Crippen LogP contribution is 2.41. The van der Waals surface area contributed by atoms with Crippen LogP contribution in [0.15, 0.2) is 234 Å². The Balaban J connectivity index is 0.831. The quantitative estimate of drug-likeness (QED) is 0.0894. The molecule has 0 spiro atoms. The second-order valence-electron chi connectivity index (χ2n) is 23.5. The highest BCUT2D eigenvalue weighted by Gasteiger charge is 2.26. The Morgan fingerprint density at radius 1 is 0.482 bits per heavy atom. The molecule has 0 saturated carbocycles. The van der Waals surface area contributed by atoms with E-state index in [0.717, 1.165) is 100 Å². The lowest BCUT2D eigenvalue weighted by atomic mass is 9.72. The molecule has 85 heavy (non-hydrogen) atoms. The van der Waals surface area contributed by atoms with Gasteiger partial charge in [0.2, 0.25) is 0 Å². The maximum atomic E-state index is 13.7. The number of aromatic amines is 2. The molecule has 0 radical (unpaired) electrons. The van der Waals surface area contributed by atoms with Crippen LogP contribution in [0.25, 0.3) is 85.8 Å². The van der Waals surface area contributed by atoms with Gasteiger partial charge in [-0.15, -0.1) is 0 Å². The van der Waals surface area contributed by atoms with Crippen molar-refractivity contribution in [2.75, 3.05) is 5.32 Å². The van der Waals surface area contributed by atoms with E-state index in [1.807, 2.05) is 36.4 Å². The molecule has 10 rings (SSSR count). The van der Waals surface area contributed by atoms with Crippen LogP contribution in [0, 0.1) is 26.2 Å². The van der Waals surface area contributed by atoms with Crippen LogP contribution in [0.3, 0.4) is 0 Å². The van der Waals surface area contributed by atoms with Crippen LogP contribution in [-0.2, 0) is 0 Å². The summed E-state index contributed by atoms with van der Waals surface area (Å²) >= 11 is 0. The van der Waals surface area contributed by atoms with E-state index in [9.17, 15) is 4.79 Å². The Morgan fingerprint density at radius 3 is 1.41 bits per heavy atom. The molecular weight excluding hydrogens is 1030 g/mol. The minimum atomic E-state index is -0.184. The van der Waals surface area contributed by atoms with Crippen LogP contribution in [-0.4, -0.2) is 25.8 Å². The largest absolute Gasteiger partial charge is 0.355 e. The number of H-pyrrole nitrogens is 2. The fraction of sp³-hybridized carbons (Fsp3) is 0.177. The third-order valence-electron chi connectivity index (χ3n) is 16.2. The van der Waals surface area contributed by atoms with Crippen molar-refractivity contribution in [3.63, 3.8) is 0 Å². The number of aromatic nitrogens is 4. The number of anilines is 1. The molecule has 1 aliphatic carbocycles. The number of nitrogens with zero attached hydrogens (tertiary/aromatic N) is 2. The van der Waals surface area contributed by atoms with Crippen LogP contribution >= 0.6 is 0 Å². The summed E-state index contributed by atoms with van der Waals surface area (Å²) in [6, 6.07) is 41.5. The average Bonchev–Trinajstić information content (AvgIpc) is 2.40. The Labute approximate surface area is 503 Å². The summed E-state index contributed by atoms with van der Waals surface area (Å²) in [6.45, 7) is 21.8. The number of allylic oxidation sites excluding steroid dienone is 19. The number of aryl methyl sites for hydroxylation is 3. The summed E-state index contributed by atoms with van der Waals surface area (Å²) < 4.78 is 0. The molecule has 3 aliphatic rings. The number of fused-ring (bicyclic) bond motifs is 8. The first-order valence-electron chi connectivity index (χ1n) is 29.6. The summed E-state index contributed by atoms with van der Waals surface area (Å²) in [6.07, 6.45) is 42.0. The zero-order valence-electron chi connectivity index (χ0n) is 50.9. The highest BCUT2D eigenvalue weighted by molar-refractivity contribution is 6.05. The lowest BCUT2D eigenvalue weighted by Crippen LogP contribution is -2.19. The van der Waals surface area contributed by atoms with Gasteiger partial charge in [-0.3, -0.25) is 4.79 Å². The van der Waals surface area contributed by atoms with Crippen molar-refractivity contribution >= 4 is 64.0 Å². The van der Waals surface area contributed by atoms with Crippen molar-refractivity contribution < 1.29 is 4.79 Å². The van der Waals surface area contributed by atoms with Crippen LogP contribution < -0.4 is 5.32 Å². The number of carbonyl (C=O) groups is 1. The van der Waals surface area contributed by atoms with Crippen LogP contribution in [0.5, 0.6) is 0 Å². The molecule has 0 atom stereocenters. The normalized spacial score (nSPS) is 15.1. The van der Waals surface area contributed by atoms with Crippen molar-refractivity contribution in [2.45, 2.75) is 88.5 Å². The van der Waals surface area contributed by atoms with Gasteiger partial charge in [-0.1, -0.05) is 211 Å². The lowest BCUT2D eigenvalue weighted by molar-refractivity contribution is 0.102. The first-order valence-corrected chi connectivity index (χ1v) is 29.6. The maximum absolute atomic E-state index is 13.7. The molecule has 2 aliphatic heterocycles. The number of hydrogen-bond acceptors (Lipinski definition) is 3. The number of hydrogen-bond donors (Lipinski definition) is 3. The molecule has 7 aromatic rings. The molecule has 8 bridgehead atoms. The molecule has 0 unspecified atom stereocenters. The molecule has 4 aromatic carbocycles. The first-order chi connectivity index (χ1) is 41.0. The molecule has 3 aromatic heterocycles. The van der Waals surface area contributed by atoms with Crippen LogP contribution in [0.4, 0.5) is 5.69 Å². The summed E-state index contributed by atoms with van der Waals surface area (Å²) in [5.41, 5.74) is 27.0. The van der Waals surface area contributed by atoms with Gasteiger partial charge in [-0.2, -0.15) is 0 Å². The molecule has 3 N–H and O–H groups in total. The maximum Gasteiger partial charge on any atom is 0.255 e.